The minimum atomic E-state index is -0.445. The predicted molar refractivity (Wildman–Crippen MR) is 97.6 cm³/mol. The van der Waals surface area contributed by atoms with Crippen LogP contribution in [0.15, 0.2) is 30.4 Å². The average molecular weight is 353 g/mol. The summed E-state index contributed by atoms with van der Waals surface area (Å²) in [4.78, 5) is 25.9. The Kier molecular flexibility index (Phi) is 3.90. The van der Waals surface area contributed by atoms with Crippen molar-refractivity contribution in [1.82, 2.24) is 4.90 Å². The van der Waals surface area contributed by atoms with Crippen molar-refractivity contribution in [3.8, 4) is 11.5 Å². The second kappa shape index (κ2) is 6.01. The van der Waals surface area contributed by atoms with E-state index in [0.29, 0.717) is 18.9 Å². The van der Waals surface area contributed by atoms with E-state index in [1.165, 1.54) is 5.56 Å². The summed E-state index contributed by atoms with van der Waals surface area (Å²) in [6, 6.07) is 2.06. The van der Waals surface area contributed by atoms with E-state index in [9.17, 15) is 9.59 Å². The fourth-order valence-corrected chi connectivity index (χ4v) is 4.66. The third kappa shape index (κ3) is 2.30. The Morgan fingerprint density at radius 1 is 1.35 bits per heavy atom. The van der Waals surface area contributed by atoms with Gasteiger partial charge in [-0.05, 0) is 49.1 Å². The van der Waals surface area contributed by atoms with E-state index in [4.69, 9.17) is 9.47 Å². The zero-order valence-electron chi connectivity index (χ0n) is 15.4. The fourth-order valence-electron chi connectivity index (χ4n) is 4.66. The molecular formula is C21H23NO4. The van der Waals surface area contributed by atoms with E-state index >= 15 is 0 Å². The number of hydrogen-bond acceptors (Lipinski definition) is 4. The molecule has 5 nitrogen and oxygen atoms in total. The Bertz CT molecular complexity index is 836. The quantitative estimate of drug-likeness (QED) is 0.838. The second-order valence-corrected chi connectivity index (χ2v) is 7.08. The SMILES string of the molecule is CCOc1cc2c3c(c1OC)C1(C=CC(=O)C=C1)C[C@H]3N(C(C)=O)CC2. The number of amides is 1. The molecule has 0 fully saturated rings. The van der Waals surface area contributed by atoms with E-state index in [2.05, 4.69) is 6.07 Å². The van der Waals surface area contributed by atoms with Crippen molar-refractivity contribution in [2.45, 2.75) is 38.1 Å². The third-order valence-corrected chi connectivity index (χ3v) is 5.70. The van der Waals surface area contributed by atoms with Crippen molar-refractivity contribution in [2.75, 3.05) is 20.3 Å². The van der Waals surface area contributed by atoms with Crippen LogP contribution < -0.4 is 9.47 Å². The molecule has 0 N–H and O–H groups in total. The van der Waals surface area contributed by atoms with Crippen LogP contribution in [0.3, 0.4) is 0 Å². The lowest BCUT2D eigenvalue weighted by molar-refractivity contribution is -0.131. The lowest BCUT2D eigenvalue weighted by Crippen LogP contribution is -2.38. The maximum atomic E-state index is 12.2. The highest BCUT2D eigenvalue weighted by molar-refractivity contribution is 6.01. The number of rotatable bonds is 3. The van der Waals surface area contributed by atoms with Crippen LogP contribution >= 0.6 is 0 Å². The van der Waals surface area contributed by atoms with Crippen LogP contribution in [0.25, 0.3) is 0 Å². The Balaban J connectivity index is 1.99. The van der Waals surface area contributed by atoms with Gasteiger partial charge in [0.2, 0.25) is 5.91 Å². The maximum absolute atomic E-state index is 12.2. The summed E-state index contributed by atoms with van der Waals surface area (Å²) in [5.41, 5.74) is 2.97. The first-order valence-corrected chi connectivity index (χ1v) is 9.07. The summed E-state index contributed by atoms with van der Waals surface area (Å²) >= 11 is 0. The molecule has 1 atom stereocenters. The molecule has 0 bridgehead atoms. The molecule has 5 heteroatoms. The Labute approximate surface area is 153 Å². The fraction of sp³-hybridized carbons (Fsp3) is 0.429. The average Bonchev–Trinajstić information content (AvgIpc) is 2.94. The lowest BCUT2D eigenvalue weighted by atomic mass is 9.77. The van der Waals surface area contributed by atoms with Gasteiger partial charge in [0.1, 0.15) is 0 Å². The summed E-state index contributed by atoms with van der Waals surface area (Å²) in [5, 5.41) is 0. The molecular weight excluding hydrogens is 330 g/mol. The standard InChI is InChI=1S/C21H23NO4/c1-4-26-17-11-14-7-10-22(13(2)23)16-12-21(8-5-15(24)6-9-21)19(18(14)16)20(17)25-3/h5-6,8-9,11,16H,4,7,10,12H2,1-3H3/t16-/m1/s1. The molecule has 4 rings (SSSR count). The van der Waals surface area contributed by atoms with E-state index in [1.54, 1.807) is 26.2 Å². The van der Waals surface area contributed by atoms with Crippen LogP contribution in [-0.2, 0) is 21.4 Å². The van der Waals surface area contributed by atoms with E-state index < -0.39 is 5.41 Å². The molecule has 0 unspecified atom stereocenters. The van der Waals surface area contributed by atoms with Gasteiger partial charge in [-0.2, -0.15) is 0 Å². The number of carbonyl (C=O) groups is 2. The summed E-state index contributed by atoms with van der Waals surface area (Å²) in [7, 11) is 1.65. The van der Waals surface area contributed by atoms with E-state index in [0.717, 1.165) is 29.7 Å². The molecule has 1 heterocycles. The first kappa shape index (κ1) is 16.9. The summed E-state index contributed by atoms with van der Waals surface area (Å²) in [6.07, 6.45) is 8.68. The van der Waals surface area contributed by atoms with Gasteiger partial charge in [-0.3, -0.25) is 9.59 Å². The highest BCUT2D eigenvalue weighted by Crippen LogP contribution is 2.58. The molecule has 2 aliphatic carbocycles. The number of benzene rings is 1. The van der Waals surface area contributed by atoms with Gasteiger partial charge in [-0.25, -0.2) is 0 Å². The van der Waals surface area contributed by atoms with Crippen LogP contribution in [0.5, 0.6) is 11.5 Å². The Morgan fingerprint density at radius 3 is 2.69 bits per heavy atom. The van der Waals surface area contributed by atoms with Crippen LogP contribution in [0.4, 0.5) is 0 Å². The van der Waals surface area contributed by atoms with Crippen LogP contribution in [-0.4, -0.2) is 36.9 Å². The first-order valence-electron chi connectivity index (χ1n) is 9.07. The van der Waals surface area contributed by atoms with E-state index in [1.807, 2.05) is 24.0 Å². The second-order valence-electron chi connectivity index (χ2n) is 7.08. The van der Waals surface area contributed by atoms with Gasteiger partial charge in [0.05, 0.1) is 19.8 Å². The molecule has 136 valence electrons. The molecule has 3 aliphatic rings. The van der Waals surface area contributed by atoms with Gasteiger partial charge in [-0.15, -0.1) is 0 Å². The topological polar surface area (TPSA) is 55.8 Å². The van der Waals surface area contributed by atoms with Crippen LogP contribution in [0, 0.1) is 0 Å². The van der Waals surface area contributed by atoms with Gasteiger partial charge >= 0.3 is 0 Å². The van der Waals surface area contributed by atoms with Crippen molar-refractivity contribution < 1.29 is 19.1 Å². The number of methoxy groups -OCH3 is 1. The molecule has 26 heavy (non-hydrogen) atoms. The number of nitrogens with zero attached hydrogens (tertiary/aromatic N) is 1. The highest BCUT2D eigenvalue weighted by atomic mass is 16.5. The first-order chi connectivity index (χ1) is 12.5. The summed E-state index contributed by atoms with van der Waals surface area (Å²) in [6.45, 7) is 4.83. The molecule has 1 aromatic rings. The van der Waals surface area contributed by atoms with Gasteiger partial charge in [-0.1, -0.05) is 12.2 Å². The zero-order chi connectivity index (χ0) is 18.5. The van der Waals surface area contributed by atoms with Crippen molar-refractivity contribution in [2.24, 2.45) is 0 Å². The zero-order valence-corrected chi connectivity index (χ0v) is 15.4. The number of allylic oxidation sites excluding steroid dienone is 4. The number of fused-ring (bicyclic) bond motifs is 1. The molecule has 0 radical (unpaired) electrons. The minimum absolute atomic E-state index is 0.00155. The third-order valence-electron chi connectivity index (χ3n) is 5.70. The van der Waals surface area contributed by atoms with Gasteiger partial charge < -0.3 is 14.4 Å². The van der Waals surface area contributed by atoms with E-state index in [-0.39, 0.29) is 17.7 Å². The summed E-state index contributed by atoms with van der Waals surface area (Å²) in [5.74, 6) is 1.51. The molecule has 1 aromatic carbocycles. The molecule has 0 aromatic heterocycles. The lowest BCUT2D eigenvalue weighted by Gasteiger charge is -2.35. The maximum Gasteiger partial charge on any atom is 0.219 e. The number of carbonyl (C=O) groups excluding carboxylic acids is 2. The molecule has 1 aliphatic heterocycles. The van der Waals surface area contributed by atoms with Crippen molar-refractivity contribution >= 4 is 11.7 Å². The highest BCUT2D eigenvalue weighted by Gasteiger charge is 2.49. The van der Waals surface area contributed by atoms with Gasteiger partial charge in [0.15, 0.2) is 17.3 Å². The van der Waals surface area contributed by atoms with Gasteiger partial charge in [0, 0.05) is 24.4 Å². The van der Waals surface area contributed by atoms with Gasteiger partial charge in [0.25, 0.3) is 0 Å². The molecule has 0 saturated carbocycles. The van der Waals surface area contributed by atoms with Crippen LogP contribution in [0.2, 0.25) is 0 Å². The van der Waals surface area contributed by atoms with Crippen molar-refractivity contribution in [3.05, 3.63) is 47.1 Å². The molecule has 0 saturated heterocycles. The Morgan fingerprint density at radius 2 is 2.08 bits per heavy atom. The Hall–Kier alpha value is -2.56. The molecule has 1 amide bonds. The smallest absolute Gasteiger partial charge is 0.219 e. The number of ether oxygens (including phenoxy) is 2. The largest absolute Gasteiger partial charge is 0.493 e. The van der Waals surface area contributed by atoms with Crippen molar-refractivity contribution in [3.63, 3.8) is 0 Å². The number of ketones is 1. The summed E-state index contributed by atoms with van der Waals surface area (Å²) < 4.78 is 11.6. The number of hydrogen-bond donors (Lipinski definition) is 0. The monoisotopic (exact) mass is 353 g/mol. The van der Waals surface area contributed by atoms with Crippen molar-refractivity contribution in [1.29, 1.82) is 0 Å². The van der Waals surface area contributed by atoms with Crippen LogP contribution in [0.1, 0.15) is 43.0 Å². The predicted octanol–water partition coefficient (Wildman–Crippen LogP) is 2.88. The minimum Gasteiger partial charge on any atom is -0.493 e. The molecule has 1 spiro atoms. The normalized spacial score (nSPS) is 21.9.